The number of nitrogens with zero attached hydrogens (tertiary/aromatic N) is 1. The van der Waals surface area contributed by atoms with Crippen LogP contribution in [-0.2, 0) is 14.3 Å². The number of nitrogens with one attached hydrogen (secondary N) is 1. The normalized spacial score (nSPS) is 20.2. The average molecular weight is 284 g/mol. The number of carbonyl (C=O) groups is 2. The first kappa shape index (κ1) is 17.0. The Morgan fingerprint density at radius 1 is 1.35 bits per heavy atom. The van der Waals surface area contributed by atoms with Crippen molar-refractivity contribution >= 4 is 11.8 Å². The number of carbonyl (C=O) groups excluding carboxylic acids is 2. The molecule has 116 valence electrons. The number of hydrogen-bond acceptors (Lipinski definition) is 3. The van der Waals surface area contributed by atoms with Crippen LogP contribution in [0, 0.1) is 0 Å². The van der Waals surface area contributed by atoms with E-state index in [-0.39, 0.29) is 24.0 Å². The number of ether oxygens (including phenoxy) is 1. The van der Waals surface area contributed by atoms with Crippen molar-refractivity contribution in [2.24, 2.45) is 0 Å². The van der Waals surface area contributed by atoms with Crippen LogP contribution in [0.3, 0.4) is 0 Å². The molecule has 0 aromatic rings. The summed E-state index contributed by atoms with van der Waals surface area (Å²) in [4.78, 5) is 25.8. The van der Waals surface area contributed by atoms with Gasteiger partial charge < -0.3 is 15.0 Å². The molecule has 2 amide bonds. The fraction of sp³-hybridized carbons (Fsp3) is 0.867. The molecule has 1 saturated heterocycles. The number of unbranched alkanes of at least 4 members (excludes halogenated alkanes) is 1. The summed E-state index contributed by atoms with van der Waals surface area (Å²) in [6.07, 6.45) is 4.15. The maximum Gasteiger partial charge on any atom is 0.245 e. The predicted molar refractivity (Wildman–Crippen MR) is 78.4 cm³/mol. The third kappa shape index (κ3) is 5.90. The molecular weight excluding hydrogens is 256 g/mol. The lowest BCUT2D eigenvalue weighted by molar-refractivity contribution is -0.133. The first-order chi connectivity index (χ1) is 9.54. The maximum atomic E-state index is 12.3. The van der Waals surface area contributed by atoms with Crippen molar-refractivity contribution in [2.45, 2.75) is 65.0 Å². The topological polar surface area (TPSA) is 58.6 Å². The van der Waals surface area contributed by atoms with Gasteiger partial charge in [-0.15, -0.1) is 0 Å². The molecule has 5 nitrogen and oxygen atoms in total. The van der Waals surface area contributed by atoms with Gasteiger partial charge in [-0.05, 0) is 33.1 Å². The second kappa shape index (κ2) is 8.95. The van der Waals surface area contributed by atoms with E-state index in [0.29, 0.717) is 13.0 Å². The van der Waals surface area contributed by atoms with Crippen molar-refractivity contribution in [3.63, 3.8) is 0 Å². The fourth-order valence-electron chi connectivity index (χ4n) is 2.33. The van der Waals surface area contributed by atoms with E-state index in [0.717, 1.165) is 38.8 Å². The van der Waals surface area contributed by atoms with Gasteiger partial charge in [0.1, 0.15) is 6.04 Å². The van der Waals surface area contributed by atoms with Gasteiger partial charge in [0.05, 0.1) is 6.10 Å². The van der Waals surface area contributed by atoms with E-state index in [4.69, 9.17) is 4.74 Å². The van der Waals surface area contributed by atoms with Crippen molar-refractivity contribution in [1.82, 2.24) is 10.2 Å². The molecule has 1 atom stereocenters. The summed E-state index contributed by atoms with van der Waals surface area (Å²) in [5.41, 5.74) is 0. The lowest BCUT2D eigenvalue weighted by Crippen LogP contribution is -2.44. The van der Waals surface area contributed by atoms with Crippen LogP contribution in [0.5, 0.6) is 0 Å². The quantitative estimate of drug-likeness (QED) is 0.690. The molecule has 0 aromatic heterocycles. The SMILES string of the molecule is CCCC1NC(=O)CCN(CCCCOC(C)C)C1=O. The molecule has 1 aliphatic heterocycles. The maximum absolute atomic E-state index is 12.3. The van der Waals surface area contributed by atoms with Crippen LogP contribution < -0.4 is 5.32 Å². The Morgan fingerprint density at radius 3 is 2.75 bits per heavy atom. The monoisotopic (exact) mass is 284 g/mol. The predicted octanol–water partition coefficient (Wildman–Crippen LogP) is 1.71. The molecular formula is C15H28N2O3. The second-order valence-electron chi connectivity index (χ2n) is 5.61. The Morgan fingerprint density at radius 2 is 2.10 bits per heavy atom. The zero-order valence-electron chi connectivity index (χ0n) is 13.0. The minimum absolute atomic E-state index is 0.0116. The van der Waals surface area contributed by atoms with Crippen molar-refractivity contribution in [2.75, 3.05) is 19.7 Å². The molecule has 1 rings (SSSR count). The third-order valence-electron chi connectivity index (χ3n) is 3.40. The molecule has 0 radical (unpaired) electrons. The molecule has 0 aromatic carbocycles. The van der Waals surface area contributed by atoms with Crippen LogP contribution >= 0.6 is 0 Å². The Bertz CT molecular complexity index is 318. The van der Waals surface area contributed by atoms with Gasteiger partial charge in [-0.25, -0.2) is 0 Å². The van der Waals surface area contributed by atoms with Gasteiger partial charge in [0, 0.05) is 26.1 Å². The van der Waals surface area contributed by atoms with Gasteiger partial charge in [-0.2, -0.15) is 0 Å². The third-order valence-corrected chi connectivity index (χ3v) is 3.40. The van der Waals surface area contributed by atoms with Gasteiger partial charge in [-0.3, -0.25) is 9.59 Å². The smallest absolute Gasteiger partial charge is 0.245 e. The molecule has 0 saturated carbocycles. The minimum Gasteiger partial charge on any atom is -0.379 e. The molecule has 1 heterocycles. The van der Waals surface area contributed by atoms with E-state index >= 15 is 0 Å². The molecule has 1 N–H and O–H groups in total. The van der Waals surface area contributed by atoms with Gasteiger partial charge >= 0.3 is 0 Å². The zero-order valence-corrected chi connectivity index (χ0v) is 13.0. The van der Waals surface area contributed by atoms with Crippen molar-refractivity contribution in [3.8, 4) is 0 Å². The summed E-state index contributed by atoms with van der Waals surface area (Å²) in [6, 6.07) is -0.332. The zero-order chi connectivity index (χ0) is 15.0. The van der Waals surface area contributed by atoms with Crippen LogP contribution in [0.25, 0.3) is 0 Å². The highest BCUT2D eigenvalue weighted by molar-refractivity contribution is 5.89. The largest absolute Gasteiger partial charge is 0.379 e. The standard InChI is InChI=1S/C15H28N2O3/c1-4-7-13-15(19)17(10-8-14(18)16-13)9-5-6-11-20-12(2)3/h12-13H,4-11H2,1-3H3,(H,16,18). The van der Waals surface area contributed by atoms with Crippen molar-refractivity contribution in [3.05, 3.63) is 0 Å². The van der Waals surface area contributed by atoms with Crippen LogP contribution in [0.15, 0.2) is 0 Å². The van der Waals surface area contributed by atoms with E-state index in [1.807, 2.05) is 25.7 Å². The highest BCUT2D eigenvalue weighted by atomic mass is 16.5. The second-order valence-corrected chi connectivity index (χ2v) is 5.61. The highest BCUT2D eigenvalue weighted by Gasteiger charge is 2.28. The Labute approximate surface area is 122 Å². The van der Waals surface area contributed by atoms with E-state index in [9.17, 15) is 9.59 Å². The molecule has 0 bridgehead atoms. The fourth-order valence-corrected chi connectivity index (χ4v) is 2.33. The average Bonchev–Trinajstić information content (AvgIpc) is 2.51. The highest BCUT2D eigenvalue weighted by Crippen LogP contribution is 2.09. The summed E-state index contributed by atoms with van der Waals surface area (Å²) in [7, 11) is 0. The van der Waals surface area contributed by atoms with Gasteiger partial charge in [0.2, 0.25) is 11.8 Å². The number of amides is 2. The first-order valence-corrected chi connectivity index (χ1v) is 7.74. The van der Waals surface area contributed by atoms with Crippen molar-refractivity contribution in [1.29, 1.82) is 0 Å². The van der Waals surface area contributed by atoms with Crippen molar-refractivity contribution < 1.29 is 14.3 Å². The van der Waals surface area contributed by atoms with Crippen LogP contribution in [0.2, 0.25) is 0 Å². The summed E-state index contributed by atoms with van der Waals surface area (Å²) in [5.74, 6) is 0.0601. The Kier molecular flexibility index (Phi) is 7.59. The number of rotatable bonds is 8. The van der Waals surface area contributed by atoms with E-state index in [2.05, 4.69) is 5.32 Å². The molecule has 0 spiro atoms. The molecule has 20 heavy (non-hydrogen) atoms. The summed E-state index contributed by atoms with van der Waals surface area (Å²) in [6.45, 7) is 8.05. The van der Waals surface area contributed by atoms with Gasteiger partial charge in [-0.1, -0.05) is 13.3 Å². The number of hydrogen-bond donors (Lipinski definition) is 1. The van der Waals surface area contributed by atoms with Crippen LogP contribution in [0.4, 0.5) is 0 Å². The Balaban J connectivity index is 2.38. The molecule has 1 unspecified atom stereocenters. The lowest BCUT2D eigenvalue weighted by atomic mass is 10.1. The van der Waals surface area contributed by atoms with Crippen LogP contribution in [-0.4, -0.2) is 48.6 Å². The minimum atomic E-state index is -0.332. The lowest BCUT2D eigenvalue weighted by Gasteiger charge is -2.23. The van der Waals surface area contributed by atoms with Gasteiger partial charge in [0.15, 0.2) is 0 Å². The molecule has 1 aliphatic rings. The summed E-state index contributed by atoms with van der Waals surface area (Å²) < 4.78 is 5.49. The summed E-state index contributed by atoms with van der Waals surface area (Å²) in [5, 5.41) is 2.82. The Hall–Kier alpha value is -1.10. The van der Waals surface area contributed by atoms with E-state index in [1.54, 1.807) is 0 Å². The van der Waals surface area contributed by atoms with Crippen LogP contribution in [0.1, 0.15) is 52.9 Å². The van der Waals surface area contributed by atoms with E-state index in [1.165, 1.54) is 0 Å². The van der Waals surface area contributed by atoms with E-state index < -0.39 is 0 Å². The molecule has 1 fully saturated rings. The first-order valence-electron chi connectivity index (χ1n) is 7.74. The van der Waals surface area contributed by atoms with Gasteiger partial charge in [0.25, 0.3) is 0 Å². The molecule has 0 aliphatic carbocycles. The molecule has 5 heteroatoms. The summed E-state index contributed by atoms with van der Waals surface area (Å²) >= 11 is 0.